The van der Waals surface area contributed by atoms with Crippen LogP contribution in [-0.2, 0) is 13.6 Å². The van der Waals surface area contributed by atoms with Gasteiger partial charge in [-0.3, -0.25) is 0 Å². The molecule has 1 aromatic heterocycles. The molecule has 0 bridgehead atoms. The van der Waals surface area contributed by atoms with Crippen molar-refractivity contribution in [3.63, 3.8) is 0 Å². The van der Waals surface area contributed by atoms with Crippen LogP contribution >= 0.6 is 0 Å². The molecule has 0 saturated heterocycles. The first-order chi connectivity index (χ1) is 8.99. The molecule has 0 amide bonds. The number of hydrogen-bond donors (Lipinski definition) is 1. The van der Waals surface area contributed by atoms with Crippen molar-refractivity contribution in [1.82, 2.24) is 4.57 Å². The lowest BCUT2D eigenvalue weighted by molar-refractivity contribution is 0.837. The van der Waals surface area contributed by atoms with Gasteiger partial charge in [0, 0.05) is 50.5 Å². The molecule has 3 heteroatoms. The van der Waals surface area contributed by atoms with Gasteiger partial charge in [-0.25, -0.2) is 0 Å². The summed E-state index contributed by atoms with van der Waals surface area (Å²) in [4.78, 5) is 2.11. The Bertz CT molecular complexity index is 550. The van der Waals surface area contributed by atoms with Gasteiger partial charge in [-0.1, -0.05) is 0 Å². The van der Waals surface area contributed by atoms with Gasteiger partial charge in [0.1, 0.15) is 0 Å². The number of rotatable bonds is 4. The molecule has 2 rings (SSSR count). The van der Waals surface area contributed by atoms with E-state index in [2.05, 4.69) is 80.1 Å². The molecule has 0 fully saturated rings. The second-order valence-corrected chi connectivity index (χ2v) is 5.25. The molecule has 1 heterocycles. The summed E-state index contributed by atoms with van der Waals surface area (Å²) in [5, 5.41) is 3.48. The van der Waals surface area contributed by atoms with Crippen LogP contribution < -0.4 is 10.2 Å². The van der Waals surface area contributed by atoms with Crippen LogP contribution in [0.5, 0.6) is 0 Å². The highest BCUT2D eigenvalue weighted by Gasteiger charge is 2.05. The first-order valence-corrected chi connectivity index (χ1v) is 6.62. The number of aryl methyl sites for hydroxylation is 1. The van der Waals surface area contributed by atoms with E-state index < -0.39 is 0 Å². The molecule has 0 aliphatic heterocycles. The highest BCUT2D eigenvalue weighted by molar-refractivity contribution is 5.54. The molecule has 1 N–H and O–H groups in total. The van der Waals surface area contributed by atoms with Gasteiger partial charge in [-0.2, -0.15) is 0 Å². The molecular weight excluding hydrogens is 234 g/mol. The summed E-state index contributed by atoms with van der Waals surface area (Å²) in [7, 11) is 6.22. The van der Waals surface area contributed by atoms with Crippen LogP contribution in [0.25, 0.3) is 0 Å². The van der Waals surface area contributed by atoms with E-state index in [1.165, 1.54) is 22.6 Å². The standard InChI is InChI=1S/C16H23N3/c1-12-10-14(13(2)19(12)5)11-17-15-6-8-16(9-7-15)18(3)4/h6-10,17H,11H2,1-5H3. The summed E-state index contributed by atoms with van der Waals surface area (Å²) in [5.74, 6) is 0. The third-order valence-corrected chi connectivity index (χ3v) is 3.75. The van der Waals surface area contributed by atoms with Gasteiger partial charge in [0.25, 0.3) is 0 Å². The summed E-state index contributed by atoms with van der Waals surface area (Å²) < 4.78 is 2.23. The fraction of sp³-hybridized carbons (Fsp3) is 0.375. The maximum Gasteiger partial charge on any atom is 0.0418 e. The van der Waals surface area contributed by atoms with Crippen molar-refractivity contribution in [3.8, 4) is 0 Å². The van der Waals surface area contributed by atoms with Crippen LogP contribution in [0.15, 0.2) is 30.3 Å². The average Bonchev–Trinajstić information content (AvgIpc) is 2.64. The smallest absolute Gasteiger partial charge is 0.0418 e. The number of hydrogen-bond acceptors (Lipinski definition) is 2. The summed E-state index contributed by atoms with van der Waals surface area (Å²) in [6, 6.07) is 10.8. The van der Waals surface area contributed by atoms with Crippen molar-refractivity contribution in [2.45, 2.75) is 20.4 Å². The van der Waals surface area contributed by atoms with Gasteiger partial charge >= 0.3 is 0 Å². The lowest BCUT2D eigenvalue weighted by Gasteiger charge is -2.13. The highest BCUT2D eigenvalue weighted by Crippen LogP contribution is 2.18. The molecule has 102 valence electrons. The van der Waals surface area contributed by atoms with Crippen molar-refractivity contribution in [2.75, 3.05) is 24.3 Å². The van der Waals surface area contributed by atoms with Crippen molar-refractivity contribution in [2.24, 2.45) is 7.05 Å². The Morgan fingerprint density at radius 3 is 2.21 bits per heavy atom. The maximum atomic E-state index is 3.48. The van der Waals surface area contributed by atoms with E-state index in [1.54, 1.807) is 0 Å². The van der Waals surface area contributed by atoms with Gasteiger partial charge in [-0.15, -0.1) is 0 Å². The Kier molecular flexibility index (Phi) is 3.84. The average molecular weight is 257 g/mol. The van der Waals surface area contributed by atoms with E-state index in [4.69, 9.17) is 0 Å². The van der Waals surface area contributed by atoms with Crippen molar-refractivity contribution in [3.05, 3.63) is 47.3 Å². The van der Waals surface area contributed by atoms with Gasteiger partial charge in [0.05, 0.1) is 0 Å². The van der Waals surface area contributed by atoms with E-state index >= 15 is 0 Å². The Morgan fingerprint density at radius 1 is 1.11 bits per heavy atom. The third kappa shape index (κ3) is 2.92. The largest absolute Gasteiger partial charge is 0.381 e. The molecular formula is C16H23N3. The van der Waals surface area contributed by atoms with Gasteiger partial charge in [0.15, 0.2) is 0 Å². The zero-order chi connectivity index (χ0) is 14.0. The number of aromatic nitrogens is 1. The Labute approximate surface area is 115 Å². The predicted molar refractivity (Wildman–Crippen MR) is 83.0 cm³/mol. The SMILES string of the molecule is Cc1cc(CNc2ccc(N(C)C)cc2)c(C)n1C. The van der Waals surface area contributed by atoms with Gasteiger partial charge < -0.3 is 14.8 Å². The van der Waals surface area contributed by atoms with Crippen LogP contribution in [0, 0.1) is 13.8 Å². The first kappa shape index (κ1) is 13.5. The van der Waals surface area contributed by atoms with Crippen LogP contribution in [-0.4, -0.2) is 18.7 Å². The molecule has 19 heavy (non-hydrogen) atoms. The molecule has 0 saturated carbocycles. The Balaban J connectivity index is 2.04. The molecule has 0 aliphatic carbocycles. The topological polar surface area (TPSA) is 20.2 Å². The van der Waals surface area contributed by atoms with Crippen LogP contribution in [0.2, 0.25) is 0 Å². The van der Waals surface area contributed by atoms with Crippen LogP contribution in [0.1, 0.15) is 17.0 Å². The zero-order valence-corrected chi connectivity index (χ0v) is 12.5. The fourth-order valence-electron chi connectivity index (χ4n) is 2.19. The van der Waals surface area contributed by atoms with Crippen molar-refractivity contribution >= 4 is 11.4 Å². The van der Waals surface area contributed by atoms with Crippen LogP contribution in [0.4, 0.5) is 11.4 Å². The second kappa shape index (κ2) is 5.39. The van der Waals surface area contributed by atoms with E-state index in [-0.39, 0.29) is 0 Å². The molecule has 0 radical (unpaired) electrons. The van der Waals surface area contributed by atoms with Gasteiger partial charge in [-0.05, 0) is 49.7 Å². The summed E-state index contributed by atoms with van der Waals surface area (Å²) in [5.41, 5.74) is 6.37. The van der Waals surface area contributed by atoms with E-state index in [0.717, 1.165) is 12.2 Å². The summed E-state index contributed by atoms with van der Waals surface area (Å²) in [6.45, 7) is 5.18. The molecule has 0 unspecified atom stereocenters. The summed E-state index contributed by atoms with van der Waals surface area (Å²) >= 11 is 0. The molecule has 0 aliphatic rings. The minimum atomic E-state index is 0.870. The maximum absolute atomic E-state index is 3.48. The normalized spacial score (nSPS) is 10.6. The molecule has 0 spiro atoms. The number of benzene rings is 1. The van der Waals surface area contributed by atoms with E-state index in [1.807, 2.05) is 0 Å². The highest BCUT2D eigenvalue weighted by atomic mass is 15.1. The lowest BCUT2D eigenvalue weighted by Crippen LogP contribution is -2.08. The fourth-order valence-corrected chi connectivity index (χ4v) is 2.19. The predicted octanol–water partition coefficient (Wildman–Crippen LogP) is 3.32. The minimum absolute atomic E-state index is 0.870. The minimum Gasteiger partial charge on any atom is -0.381 e. The molecule has 3 nitrogen and oxygen atoms in total. The molecule has 0 atom stereocenters. The van der Waals surface area contributed by atoms with Gasteiger partial charge in [0.2, 0.25) is 0 Å². The number of anilines is 2. The monoisotopic (exact) mass is 257 g/mol. The van der Waals surface area contributed by atoms with Crippen molar-refractivity contribution in [1.29, 1.82) is 0 Å². The third-order valence-electron chi connectivity index (χ3n) is 3.75. The van der Waals surface area contributed by atoms with Crippen LogP contribution in [0.3, 0.4) is 0 Å². The molecule has 2 aromatic rings. The Hall–Kier alpha value is -1.90. The van der Waals surface area contributed by atoms with Crippen molar-refractivity contribution < 1.29 is 0 Å². The van der Waals surface area contributed by atoms with E-state index in [9.17, 15) is 0 Å². The lowest BCUT2D eigenvalue weighted by atomic mass is 10.2. The second-order valence-electron chi connectivity index (χ2n) is 5.25. The quantitative estimate of drug-likeness (QED) is 0.906. The number of nitrogens with one attached hydrogen (secondary N) is 1. The number of nitrogens with zero attached hydrogens (tertiary/aromatic N) is 2. The first-order valence-electron chi connectivity index (χ1n) is 6.62. The zero-order valence-electron chi connectivity index (χ0n) is 12.5. The Morgan fingerprint density at radius 2 is 1.74 bits per heavy atom. The summed E-state index contributed by atoms with van der Waals surface area (Å²) in [6.07, 6.45) is 0. The van der Waals surface area contributed by atoms with E-state index in [0.29, 0.717) is 0 Å². The molecule has 1 aromatic carbocycles.